The van der Waals surface area contributed by atoms with Gasteiger partial charge in [-0.1, -0.05) is 30.9 Å². The van der Waals surface area contributed by atoms with Gasteiger partial charge in [-0.3, -0.25) is 10.1 Å². The predicted octanol–water partition coefficient (Wildman–Crippen LogP) is 2.86. The van der Waals surface area contributed by atoms with E-state index in [0.29, 0.717) is 5.82 Å². The molecule has 1 unspecified atom stereocenters. The summed E-state index contributed by atoms with van der Waals surface area (Å²) in [4.78, 5) is 13.8. The Hall–Kier alpha value is -1.80. The van der Waals surface area contributed by atoms with Crippen molar-refractivity contribution in [1.82, 2.24) is 4.98 Å². The highest BCUT2D eigenvalue weighted by Crippen LogP contribution is 2.24. The second kappa shape index (κ2) is 6.06. The first-order valence-electron chi connectivity index (χ1n) is 5.11. The molecule has 90 valence electrons. The van der Waals surface area contributed by atoms with Gasteiger partial charge in [0.15, 0.2) is 0 Å². The Labute approximate surface area is 104 Å². The zero-order chi connectivity index (χ0) is 12.8. The highest BCUT2D eigenvalue weighted by Gasteiger charge is 2.12. The van der Waals surface area contributed by atoms with Crippen LogP contribution in [-0.2, 0) is 0 Å². The van der Waals surface area contributed by atoms with Crippen LogP contribution in [0.15, 0.2) is 12.3 Å². The van der Waals surface area contributed by atoms with Crippen molar-refractivity contribution in [2.24, 2.45) is 0 Å². The standard InChI is InChI=1S/C11H12ClN3O2/c1-3-5-8(4-2)14-11-10(12)6-9(7-13-11)15(16)17/h2,6-8H,3,5H2,1H3,(H,13,14). The van der Waals surface area contributed by atoms with Crippen LogP contribution in [0.2, 0.25) is 5.02 Å². The van der Waals surface area contributed by atoms with Crippen molar-refractivity contribution in [1.29, 1.82) is 0 Å². The van der Waals surface area contributed by atoms with Crippen LogP contribution in [0.4, 0.5) is 11.5 Å². The van der Waals surface area contributed by atoms with E-state index in [9.17, 15) is 10.1 Å². The van der Waals surface area contributed by atoms with Crippen molar-refractivity contribution >= 4 is 23.1 Å². The van der Waals surface area contributed by atoms with Gasteiger partial charge in [-0.2, -0.15) is 0 Å². The van der Waals surface area contributed by atoms with Gasteiger partial charge in [0.25, 0.3) is 5.69 Å². The van der Waals surface area contributed by atoms with Gasteiger partial charge in [0.1, 0.15) is 12.0 Å². The Kier molecular flexibility index (Phi) is 4.73. The van der Waals surface area contributed by atoms with Gasteiger partial charge in [0.05, 0.1) is 16.0 Å². The van der Waals surface area contributed by atoms with Crippen molar-refractivity contribution in [2.45, 2.75) is 25.8 Å². The average molecular weight is 254 g/mol. The molecule has 1 rings (SSSR count). The van der Waals surface area contributed by atoms with Crippen LogP contribution >= 0.6 is 11.6 Å². The molecule has 0 aliphatic heterocycles. The number of aromatic nitrogens is 1. The molecule has 1 aromatic rings. The fourth-order valence-corrected chi connectivity index (χ4v) is 1.50. The van der Waals surface area contributed by atoms with Crippen LogP contribution in [0.25, 0.3) is 0 Å². The van der Waals surface area contributed by atoms with Crippen LogP contribution in [-0.4, -0.2) is 15.9 Å². The highest BCUT2D eigenvalue weighted by atomic mass is 35.5. The third-order valence-corrected chi connectivity index (χ3v) is 2.42. The number of anilines is 1. The Morgan fingerprint density at radius 2 is 2.47 bits per heavy atom. The average Bonchev–Trinajstić information content (AvgIpc) is 2.30. The van der Waals surface area contributed by atoms with E-state index in [2.05, 4.69) is 16.2 Å². The first-order chi connectivity index (χ1) is 8.08. The van der Waals surface area contributed by atoms with Crippen molar-refractivity contribution in [3.8, 4) is 12.3 Å². The SMILES string of the molecule is C#CC(CCC)Nc1ncc([N+](=O)[O-])cc1Cl. The predicted molar refractivity (Wildman–Crippen MR) is 67.1 cm³/mol. The summed E-state index contributed by atoms with van der Waals surface area (Å²) >= 11 is 5.88. The molecule has 0 fully saturated rings. The number of rotatable bonds is 5. The summed E-state index contributed by atoms with van der Waals surface area (Å²) in [6.45, 7) is 2.01. The normalized spacial score (nSPS) is 11.6. The summed E-state index contributed by atoms with van der Waals surface area (Å²) in [5.41, 5.74) is -0.145. The molecular weight excluding hydrogens is 242 g/mol. The fourth-order valence-electron chi connectivity index (χ4n) is 1.28. The summed E-state index contributed by atoms with van der Waals surface area (Å²) in [5, 5.41) is 13.7. The second-order valence-electron chi connectivity index (χ2n) is 3.43. The lowest BCUT2D eigenvalue weighted by molar-refractivity contribution is -0.385. The number of hydrogen-bond donors (Lipinski definition) is 1. The topological polar surface area (TPSA) is 68.1 Å². The summed E-state index contributed by atoms with van der Waals surface area (Å²) in [7, 11) is 0. The summed E-state index contributed by atoms with van der Waals surface area (Å²) in [6.07, 6.45) is 8.20. The van der Waals surface area contributed by atoms with Crippen LogP contribution < -0.4 is 5.32 Å². The Balaban J connectivity index is 2.86. The zero-order valence-electron chi connectivity index (χ0n) is 9.31. The van der Waals surface area contributed by atoms with Gasteiger partial charge in [-0.05, 0) is 6.42 Å². The molecule has 0 saturated heterocycles. The van der Waals surface area contributed by atoms with Gasteiger partial charge in [0, 0.05) is 6.07 Å². The molecule has 1 atom stereocenters. The van der Waals surface area contributed by atoms with Crippen molar-refractivity contribution in [3.05, 3.63) is 27.4 Å². The highest BCUT2D eigenvalue weighted by molar-refractivity contribution is 6.33. The molecule has 5 nitrogen and oxygen atoms in total. The molecule has 0 bridgehead atoms. The second-order valence-corrected chi connectivity index (χ2v) is 3.84. The molecule has 0 amide bonds. The van der Waals surface area contributed by atoms with E-state index >= 15 is 0 Å². The first-order valence-corrected chi connectivity index (χ1v) is 5.48. The number of hydrogen-bond acceptors (Lipinski definition) is 4. The first kappa shape index (κ1) is 13.3. The van der Waals surface area contributed by atoms with E-state index in [1.54, 1.807) is 0 Å². The fraction of sp³-hybridized carbons (Fsp3) is 0.364. The van der Waals surface area contributed by atoms with Crippen molar-refractivity contribution in [2.75, 3.05) is 5.32 Å². The summed E-state index contributed by atoms with van der Waals surface area (Å²) in [5.74, 6) is 2.94. The molecule has 17 heavy (non-hydrogen) atoms. The number of halogens is 1. The molecule has 6 heteroatoms. The van der Waals surface area contributed by atoms with E-state index in [1.165, 1.54) is 6.07 Å². The minimum atomic E-state index is -0.548. The molecule has 0 spiro atoms. The minimum Gasteiger partial charge on any atom is -0.355 e. The number of pyridine rings is 1. The van der Waals surface area contributed by atoms with Gasteiger partial charge in [-0.15, -0.1) is 6.42 Å². The van der Waals surface area contributed by atoms with Gasteiger partial charge < -0.3 is 5.32 Å². The van der Waals surface area contributed by atoms with Gasteiger partial charge >= 0.3 is 0 Å². The van der Waals surface area contributed by atoms with E-state index in [-0.39, 0.29) is 16.8 Å². The largest absolute Gasteiger partial charge is 0.355 e. The van der Waals surface area contributed by atoms with Gasteiger partial charge in [-0.25, -0.2) is 4.98 Å². The summed E-state index contributed by atoms with van der Waals surface area (Å²) in [6, 6.07) is 1.07. The Morgan fingerprint density at radius 1 is 1.76 bits per heavy atom. The molecule has 1 aromatic heterocycles. The van der Waals surface area contributed by atoms with E-state index in [0.717, 1.165) is 19.0 Å². The Bertz CT molecular complexity index is 457. The van der Waals surface area contributed by atoms with E-state index in [4.69, 9.17) is 18.0 Å². The third kappa shape index (κ3) is 3.61. The van der Waals surface area contributed by atoms with Crippen molar-refractivity contribution < 1.29 is 4.92 Å². The molecule has 1 N–H and O–H groups in total. The maximum absolute atomic E-state index is 10.5. The monoisotopic (exact) mass is 253 g/mol. The maximum atomic E-state index is 10.5. The molecule has 0 aliphatic carbocycles. The number of nitrogens with one attached hydrogen (secondary N) is 1. The van der Waals surface area contributed by atoms with Gasteiger partial charge in [0.2, 0.25) is 0 Å². The molecule has 1 heterocycles. The summed E-state index contributed by atoms with van der Waals surface area (Å²) < 4.78 is 0. The lowest BCUT2D eigenvalue weighted by Crippen LogP contribution is -2.17. The Morgan fingerprint density at radius 3 is 2.94 bits per heavy atom. The number of nitro groups is 1. The zero-order valence-corrected chi connectivity index (χ0v) is 10.1. The van der Waals surface area contributed by atoms with E-state index in [1.807, 2.05) is 6.92 Å². The number of terminal acetylenes is 1. The molecule has 0 aromatic carbocycles. The lowest BCUT2D eigenvalue weighted by Gasteiger charge is -2.13. The maximum Gasteiger partial charge on any atom is 0.289 e. The minimum absolute atomic E-state index is 0.145. The van der Waals surface area contributed by atoms with Crippen LogP contribution in [0.5, 0.6) is 0 Å². The third-order valence-electron chi connectivity index (χ3n) is 2.13. The number of nitrogens with zero attached hydrogens (tertiary/aromatic N) is 2. The molecule has 0 aliphatic rings. The van der Waals surface area contributed by atoms with E-state index < -0.39 is 4.92 Å². The van der Waals surface area contributed by atoms with Crippen LogP contribution in [0, 0.1) is 22.5 Å². The molecule has 0 radical (unpaired) electrons. The lowest BCUT2D eigenvalue weighted by atomic mass is 10.2. The quantitative estimate of drug-likeness (QED) is 0.498. The van der Waals surface area contributed by atoms with Crippen LogP contribution in [0.3, 0.4) is 0 Å². The molecule has 0 saturated carbocycles. The smallest absolute Gasteiger partial charge is 0.289 e. The van der Waals surface area contributed by atoms with Crippen molar-refractivity contribution in [3.63, 3.8) is 0 Å². The van der Waals surface area contributed by atoms with Crippen LogP contribution in [0.1, 0.15) is 19.8 Å². The molecular formula is C11H12ClN3O2.